The molecular formula is C21H27N3O2S. The summed E-state index contributed by atoms with van der Waals surface area (Å²) in [7, 11) is -3.59. The maximum Gasteiger partial charge on any atom is 0.244 e. The lowest BCUT2D eigenvalue weighted by Crippen LogP contribution is -2.55. The SMILES string of the molecule is Cc1nn(-c2ccccc2)c(C)c1S(=O)(=O)NC1C2CC3CC(C2)CC1C3. The molecule has 0 unspecified atom stereocenters. The fourth-order valence-electron chi connectivity index (χ4n) is 6.19. The molecule has 0 amide bonds. The van der Waals surface area contributed by atoms with Gasteiger partial charge in [-0.1, -0.05) is 18.2 Å². The van der Waals surface area contributed by atoms with Crippen molar-refractivity contribution < 1.29 is 8.42 Å². The summed E-state index contributed by atoms with van der Waals surface area (Å²) < 4.78 is 31.5. The average Bonchev–Trinajstić information content (AvgIpc) is 2.93. The number of sulfonamides is 1. The molecule has 0 radical (unpaired) electrons. The van der Waals surface area contributed by atoms with Gasteiger partial charge in [-0.2, -0.15) is 5.10 Å². The molecule has 0 aliphatic heterocycles. The maximum atomic E-state index is 13.3. The second kappa shape index (κ2) is 6.17. The predicted molar refractivity (Wildman–Crippen MR) is 104 cm³/mol. The zero-order valence-electron chi connectivity index (χ0n) is 15.9. The molecular weight excluding hydrogens is 358 g/mol. The summed E-state index contributed by atoms with van der Waals surface area (Å²) in [5, 5.41) is 4.53. The van der Waals surface area contributed by atoms with Gasteiger partial charge in [0.2, 0.25) is 10.0 Å². The minimum atomic E-state index is -3.59. The molecule has 1 aromatic carbocycles. The largest absolute Gasteiger partial charge is 0.244 e. The Kier molecular flexibility index (Phi) is 3.99. The normalized spacial score (nSPS) is 32.1. The van der Waals surface area contributed by atoms with Gasteiger partial charge in [-0.05, 0) is 81.8 Å². The molecule has 0 atom stereocenters. The summed E-state index contributed by atoms with van der Waals surface area (Å²) in [6.07, 6.45) is 6.15. The second-order valence-electron chi connectivity index (χ2n) is 8.83. The van der Waals surface area contributed by atoms with Gasteiger partial charge in [0.25, 0.3) is 0 Å². The van der Waals surface area contributed by atoms with Crippen molar-refractivity contribution >= 4 is 10.0 Å². The number of hydrogen-bond acceptors (Lipinski definition) is 3. The van der Waals surface area contributed by atoms with E-state index in [1.54, 1.807) is 11.6 Å². The minimum absolute atomic E-state index is 0.0988. The topological polar surface area (TPSA) is 64.0 Å². The third-order valence-electron chi connectivity index (χ3n) is 7.01. The highest BCUT2D eigenvalue weighted by molar-refractivity contribution is 7.89. The Morgan fingerprint density at radius 2 is 1.56 bits per heavy atom. The molecule has 5 nitrogen and oxygen atoms in total. The molecule has 4 aliphatic rings. The molecule has 6 rings (SSSR count). The fourth-order valence-corrected chi connectivity index (χ4v) is 7.96. The standard InChI is InChI=1S/C21H27N3O2S/c1-13-21(14(2)24(22-13)19-6-4-3-5-7-19)27(25,26)23-20-17-9-15-8-16(11-17)12-18(20)10-15/h3-7,15-18,20,23H,8-12H2,1-2H3. The van der Waals surface area contributed by atoms with E-state index >= 15 is 0 Å². The van der Waals surface area contributed by atoms with Crippen LogP contribution in [0.25, 0.3) is 5.69 Å². The molecule has 1 heterocycles. The van der Waals surface area contributed by atoms with Gasteiger partial charge in [-0.25, -0.2) is 17.8 Å². The van der Waals surface area contributed by atoms with Crippen molar-refractivity contribution in [2.45, 2.75) is 56.9 Å². The Morgan fingerprint density at radius 3 is 2.15 bits per heavy atom. The van der Waals surface area contributed by atoms with Gasteiger partial charge in [0.05, 0.1) is 17.1 Å². The molecule has 1 aromatic heterocycles. The van der Waals surface area contributed by atoms with E-state index < -0.39 is 10.0 Å². The van der Waals surface area contributed by atoms with Gasteiger partial charge in [0.15, 0.2) is 0 Å². The van der Waals surface area contributed by atoms with Gasteiger partial charge in [-0.3, -0.25) is 0 Å². The quantitative estimate of drug-likeness (QED) is 0.875. The van der Waals surface area contributed by atoms with Crippen molar-refractivity contribution in [2.75, 3.05) is 0 Å². The molecule has 4 bridgehead atoms. The molecule has 0 saturated heterocycles. The highest BCUT2D eigenvalue weighted by Gasteiger charge is 2.49. The molecule has 4 saturated carbocycles. The van der Waals surface area contributed by atoms with E-state index in [0.29, 0.717) is 28.1 Å². The summed E-state index contributed by atoms with van der Waals surface area (Å²) >= 11 is 0. The van der Waals surface area contributed by atoms with Crippen LogP contribution in [0.3, 0.4) is 0 Å². The Labute approximate surface area is 161 Å². The molecule has 6 heteroatoms. The highest BCUT2D eigenvalue weighted by Crippen LogP contribution is 2.54. The smallest absolute Gasteiger partial charge is 0.236 e. The fraction of sp³-hybridized carbons (Fsp3) is 0.571. The number of para-hydroxylation sites is 1. The van der Waals surface area contributed by atoms with Gasteiger partial charge < -0.3 is 0 Å². The van der Waals surface area contributed by atoms with Crippen LogP contribution in [0.2, 0.25) is 0 Å². The van der Waals surface area contributed by atoms with E-state index in [1.165, 1.54) is 32.1 Å². The monoisotopic (exact) mass is 385 g/mol. The molecule has 0 spiro atoms. The van der Waals surface area contributed by atoms with Gasteiger partial charge in [-0.15, -0.1) is 0 Å². The van der Waals surface area contributed by atoms with Crippen LogP contribution in [0.1, 0.15) is 43.5 Å². The van der Waals surface area contributed by atoms with Crippen molar-refractivity contribution in [1.29, 1.82) is 0 Å². The Balaban J connectivity index is 1.47. The summed E-state index contributed by atoms with van der Waals surface area (Å²) in [4.78, 5) is 0.347. The van der Waals surface area contributed by atoms with E-state index in [4.69, 9.17) is 0 Å². The lowest BCUT2D eigenvalue weighted by molar-refractivity contribution is -0.00558. The molecule has 27 heavy (non-hydrogen) atoms. The van der Waals surface area contributed by atoms with Crippen LogP contribution >= 0.6 is 0 Å². The minimum Gasteiger partial charge on any atom is -0.236 e. The zero-order chi connectivity index (χ0) is 18.8. The van der Waals surface area contributed by atoms with E-state index in [-0.39, 0.29) is 6.04 Å². The van der Waals surface area contributed by atoms with Crippen molar-refractivity contribution in [3.63, 3.8) is 0 Å². The highest BCUT2D eigenvalue weighted by atomic mass is 32.2. The first-order chi connectivity index (χ1) is 12.9. The van der Waals surface area contributed by atoms with E-state index in [9.17, 15) is 8.42 Å². The van der Waals surface area contributed by atoms with Crippen molar-refractivity contribution in [3.8, 4) is 5.69 Å². The Morgan fingerprint density at radius 1 is 0.963 bits per heavy atom. The maximum absolute atomic E-state index is 13.3. The number of hydrogen-bond donors (Lipinski definition) is 1. The van der Waals surface area contributed by atoms with Crippen molar-refractivity contribution in [2.24, 2.45) is 23.7 Å². The second-order valence-corrected chi connectivity index (χ2v) is 10.5. The van der Waals surface area contributed by atoms with Crippen LogP contribution in [0.4, 0.5) is 0 Å². The average molecular weight is 386 g/mol. The van der Waals surface area contributed by atoms with E-state index in [2.05, 4.69) is 9.82 Å². The number of aromatic nitrogens is 2. The summed E-state index contributed by atoms with van der Waals surface area (Å²) in [5.74, 6) is 2.69. The van der Waals surface area contributed by atoms with Crippen LogP contribution in [0.15, 0.2) is 35.2 Å². The van der Waals surface area contributed by atoms with Crippen LogP contribution in [-0.4, -0.2) is 24.2 Å². The molecule has 1 N–H and O–H groups in total. The summed E-state index contributed by atoms with van der Waals surface area (Å²) in [6.45, 7) is 3.64. The number of rotatable bonds is 4. The number of aryl methyl sites for hydroxylation is 1. The summed E-state index contributed by atoms with van der Waals surface area (Å²) in [5.41, 5.74) is 2.12. The van der Waals surface area contributed by atoms with E-state index in [1.807, 2.05) is 37.3 Å². The number of benzene rings is 1. The predicted octanol–water partition coefficient (Wildman–Crippen LogP) is 3.59. The van der Waals surface area contributed by atoms with E-state index in [0.717, 1.165) is 17.5 Å². The van der Waals surface area contributed by atoms with Crippen molar-refractivity contribution in [3.05, 3.63) is 41.7 Å². The van der Waals surface area contributed by atoms with Crippen LogP contribution in [0.5, 0.6) is 0 Å². The first-order valence-corrected chi connectivity index (χ1v) is 11.5. The summed E-state index contributed by atoms with van der Waals surface area (Å²) in [6, 6.07) is 9.81. The molecule has 2 aromatic rings. The van der Waals surface area contributed by atoms with Crippen LogP contribution in [-0.2, 0) is 10.0 Å². The lowest BCUT2D eigenvalue weighted by Gasteiger charge is -2.54. The van der Waals surface area contributed by atoms with Gasteiger partial charge in [0.1, 0.15) is 4.90 Å². The van der Waals surface area contributed by atoms with Gasteiger partial charge in [0, 0.05) is 6.04 Å². The molecule has 144 valence electrons. The van der Waals surface area contributed by atoms with Crippen molar-refractivity contribution in [1.82, 2.24) is 14.5 Å². The number of nitrogens with one attached hydrogen (secondary N) is 1. The first kappa shape index (κ1) is 17.4. The Bertz CT molecular complexity index is 937. The van der Waals surface area contributed by atoms with Crippen LogP contribution < -0.4 is 4.72 Å². The number of nitrogens with zero attached hydrogens (tertiary/aromatic N) is 2. The zero-order valence-corrected chi connectivity index (χ0v) is 16.7. The third-order valence-corrected chi connectivity index (χ3v) is 8.72. The first-order valence-electron chi connectivity index (χ1n) is 10.1. The van der Waals surface area contributed by atoms with Crippen LogP contribution in [0, 0.1) is 37.5 Å². The molecule has 4 aliphatic carbocycles. The third kappa shape index (κ3) is 2.85. The lowest BCUT2D eigenvalue weighted by atomic mass is 9.54. The molecule has 4 fully saturated rings. The van der Waals surface area contributed by atoms with Gasteiger partial charge >= 0.3 is 0 Å². The Hall–Kier alpha value is -1.66.